The van der Waals surface area contributed by atoms with E-state index in [2.05, 4.69) is 9.72 Å². The lowest BCUT2D eigenvalue weighted by atomic mass is 10.2. The summed E-state index contributed by atoms with van der Waals surface area (Å²) in [6.07, 6.45) is -0.121. The minimum atomic E-state index is -0.489. The molecule has 0 bridgehead atoms. The molecule has 0 unspecified atom stereocenters. The minimum Gasteiger partial charge on any atom is -0.469 e. The molecule has 0 atom stereocenters. The van der Waals surface area contributed by atoms with Crippen LogP contribution in [0.1, 0.15) is 11.4 Å². The second-order valence-corrected chi connectivity index (χ2v) is 2.63. The number of pyridine rings is 1. The van der Waals surface area contributed by atoms with E-state index in [4.69, 9.17) is 0 Å². The predicted molar refractivity (Wildman–Crippen MR) is 44.7 cm³/mol. The van der Waals surface area contributed by atoms with E-state index < -0.39 is 11.8 Å². The molecule has 1 aromatic rings. The highest BCUT2D eigenvalue weighted by molar-refractivity contribution is 5.71. The monoisotopic (exact) mass is 183 g/mol. The number of aryl methyl sites for hydroxylation is 1. The molecule has 1 heterocycles. The molecule has 0 aromatic carbocycles. The number of methoxy groups -OCH3 is 1. The van der Waals surface area contributed by atoms with Crippen molar-refractivity contribution >= 4 is 5.97 Å². The third-order valence-corrected chi connectivity index (χ3v) is 1.60. The molecule has 70 valence electrons. The normalized spacial score (nSPS) is 9.77. The number of halogens is 1. The van der Waals surface area contributed by atoms with Crippen LogP contribution < -0.4 is 0 Å². The van der Waals surface area contributed by atoms with Gasteiger partial charge in [0, 0.05) is 5.69 Å². The maximum Gasteiger partial charge on any atom is 0.311 e. The Morgan fingerprint density at radius 3 is 2.92 bits per heavy atom. The number of carbonyl (C=O) groups excluding carboxylic acids is 1. The second kappa shape index (κ2) is 3.98. The highest BCUT2D eigenvalue weighted by Crippen LogP contribution is 2.06. The maximum atomic E-state index is 13.0. The van der Waals surface area contributed by atoms with Crippen LogP contribution in [0.2, 0.25) is 0 Å². The summed E-state index contributed by atoms with van der Waals surface area (Å²) in [4.78, 5) is 14.7. The summed E-state index contributed by atoms with van der Waals surface area (Å²) in [6, 6.07) is 2.84. The van der Waals surface area contributed by atoms with Gasteiger partial charge >= 0.3 is 5.97 Å². The van der Waals surface area contributed by atoms with Crippen LogP contribution in [-0.4, -0.2) is 18.1 Å². The molecule has 0 saturated carbocycles. The Morgan fingerprint density at radius 1 is 1.62 bits per heavy atom. The van der Waals surface area contributed by atoms with Gasteiger partial charge in [0.15, 0.2) is 0 Å². The zero-order valence-electron chi connectivity index (χ0n) is 7.50. The molecular formula is C9H10FNO2. The molecular weight excluding hydrogens is 173 g/mol. The Kier molecular flexibility index (Phi) is 2.95. The summed E-state index contributed by atoms with van der Waals surface area (Å²) in [5.74, 6) is -0.965. The molecule has 4 heteroatoms. The second-order valence-electron chi connectivity index (χ2n) is 2.63. The summed E-state index contributed by atoms with van der Waals surface area (Å²) in [7, 11) is 1.26. The van der Waals surface area contributed by atoms with Crippen molar-refractivity contribution in [3.63, 3.8) is 0 Å². The first-order valence-corrected chi connectivity index (χ1v) is 3.82. The van der Waals surface area contributed by atoms with Crippen LogP contribution in [0, 0.1) is 12.7 Å². The van der Waals surface area contributed by atoms with Crippen molar-refractivity contribution in [2.24, 2.45) is 0 Å². The van der Waals surface area contributed by atoms with E-state index in [0.29, 0.717) is 5.69 Å². The SMILES string of the molecule is COC(=O)Cc1nc(C)ccc1F. The molecule has 0 saturated heterocycles. The standard InChI is InChI=1S/C9H10FNO2/c1-6-3-4-7(10)8(11-6)5-9(12)13-2/h3-4H,5H2,1-2H3. The predicted octanol–water partition coefficient (Wildman–Crippen LogP) is 1.24. The highest BCUT2D eigenvalue weighted by atomic mass is 19.1. The Hall–Kier alpha value is -1.45. The largest absolute Gasteiger partial charge is 0.469 e. The number of carbonyl (C=O) groups is 1. The summed E-state index contributed by atoms with van der Waals surface area (Å²) in [6.45, 7) is 1.74. The van der Waals surface area contributed by atoms with Crippen molar-refractivity contribution in [1.82, 2.24) is 4.98 Å². The van der Waals surface area contributed by atoms with Gasteiger partial charge in [-0.15, -0.1) is 0 Å². The fraction of sp³-hybridized carbons (Fsp3) is 0.333. The fourth-order valence-electron chi connectivity index (χ4n) is 0.926. The Bertz CT molecular complexity index is 325. The lowest BCUT2D eigenvalue weighted by Crippen LogP contribution is -2.08. The van der Waals surface area contributed by atoms with E-state index in [1.165, 1.54) is 13.2 Å². The molecule has 0 N–H and O–H groups in total. The number of aromatic nitrogens is 1. The lowest BCUT2D eigenvalue weighted by molar-refractivity contribution is -0.139. The molecule has 0 aliphatic heterocycles. The Labute approximate surface area is 75.6 Å². The van der Waals surface area contributed by atoms with E-state index in [1.54, 1.807) is 13.0 Å². The molecule has 0 fully saturated rings. The van der Waals surface area contributed by atoms with Crippen molar-refractivity contribution in [3.8, 4) is 0 Å². The maximum absolute atomic E-state index is 13.0. The first-order valence-electron chi connectivity index (χ1n) is 3.82. The molecule has 0 aliphatic carbocycles. The summed E-state index contributed by atoms with van der Waals surface area (Å²) in [5.41, 5.74) is 0.812. The molecule has 0 spiro atoms. The van der Waals surface area contributed by atoms with Crippen molar-refractivity contribution in [2.45, 2.75) is 13.3 Å². The molecule has 0 aliphatic rings. The molecule has 3 nitrogen and oxygen atoms in total. The van der Waals surface area contributed by atoms with Crippen molar-refractivity contribution in [2.75, 3.05) is 7.11 Å². The van der Waals surface area contributed by atoms with Crippen molar-refractivity contribution in [1.29, 1.82) is 0 Å². The van der Waals surface area contributed by atoms with E-state index >= 15 is 0 Å². The van der Waals surface area contributed by atoms with Crippen LogP contribution in [0.25, 0.3) is 0 Å². The number of nitrogens with zero attached hydrogens (tertiary/aromatic N) is 1. The van der Waals surface area contributed by atoms with Crippen molar-refractivity contribution < 1.29 is 13.9 Å². The number of hydrogen-bond acceptors (Lipinski definition) is 3. The van der Waals surface area contributed by atoms with E-state index in [9.17, 15) is 9.18 Å². The highest BCUT2D eigenvalue weighted by Gasteiger charge is 2.09. The zero-order valence-corrected chi connectivity index (χ0v) is 7.50. The van der Waals surface area contributed by atoms with Crippen LogP contribution >= 0.6 is 0 Å². The Balaban J connectivity index is 2.87. The van der Waals surface area contributed by atoms with Crippen LogP contribution in [0.5, 0.6) is 0 Å². The molecule has 1 rings (SSSR count). The summed E-state index contributed by atoms with van der Waals surface area (Å²) in [5, 5.41) is 0. The minimum absolute atomic E-state index is 0.121. The van der Waals surface area contributed by atoms with Gasteiger partial charge in [-0.3, -0.25) is 9.78 Å². The zero-order chi connectivity index (χ0) is 9.84. The first kappa shape index (κ1) is 9.64. The van der Waals surface area contributed by atoms with E-state index in [0.717, 1.165) is 0 Å². The lowest BCUT2D eigenvalue weighted by Gasteiger charge is -2.01. The van der Waals surface area contributed by atoms with E-state index in [-0.39, 0.29) is 12.1 Å². The molecule has 0 amide bonds. The summed E-state index contributed by atoms with van der Waals surface area (Å²) < 4.78 is 17.4. The third kappa shape index (κ3) is 2.50. The van der Waals surface area contributed by atoms with E-state index in [1.807, 2.05) is 0 Å². The van der Waals surface area contributed by atoms with Gasteiger partial charge in [0.1, 0.15) is 5.82 Å². The van der Waals surface area contributed by atoms with Gasteiger partial charge in [-0.25, -0.2) is 4.39 Å². The van der Waals surface area contributed by atoms with Gasteiger partial charge in [0.25, 0.3) is 0 Å². The number of ether oxygens (including phenoxy) is 1. The summed E-state index contributed by atoms with van der Waals surface area (Å²) >= 11 is 0. The van der Waals surface area contributed by atoms with Crippen LogP contribution in [0.15, 0.2) is 12.1 Å². The van der Waals surface area contributed by atoms with Gasteiger partial charge in [0.2, 0.25) is 0 Å². The van der Waals surface area contributed by atoms with Crippen LogP contribution in [-0.2, 0) is 16.0 Å². The smallest absolute Gasteiger partial charge is 0.311 e. The van der Waals surface area contributed by atoms with Gasteiger partial charge in [-0.1, -0.05) is 0 Å². The first-order chi connectivity index (χ1) is 6.13. The average Bonchev–Trinajstić information content (AvgIpc) is 2.11. The van der Waals surface area contributed by atoms with Gasteiger partial charge in [-0.2, -0.15) is 0 Å². The van der Waals surface area contributed by atoms with Gasteiger partial charge in [-0.05, 0) is 19.1 Å². The van der Waals surface area contributed by atoms with Gasteiger partial charge < -0.3 is 4.74 Å². The fourth-order valence-corrected chi connectivity index (χ4v) is 0.926. The van der Waals surface area contributed by atoms with Crippen LogP contribution in [0.4, 0.5) is 4.39 Å². The van der Waals surface area contributed by atoms with Gasteiger partial charge in [0.05, 0.1) is 19.2 Å². The van der Waals surface area contributed by atoms with Crippen molar-refractivity contribution in [3.05, 3.63) is 29.3 Å². The molecule has 0 radical (unpaired) electrons. The molecule has 1 aromatic heterocycles. The number of rotatable bonds is 2. The van der Waals surface area contributed by atoms with Crippen LogP contribution in [0.3, 0.4) is 0 Å². The number of esters is 1. The Morgan fingerprint density at radius 2 is 2.31 bits per heavy atom. The third-order valence-electron chi connectivity index (χ3n) is 1.60. The number of hydrogen-bond donors (Lipinski definition) is 0. The quantitative estimate of drug-likeness (QED) is 0.647. The average molecular weight is 183 g/mol. The molecule has 13 heavy (non-hydrogen) atoms. The topological polar surface area (TPSA) is 39.2 Å².